The number of guanidine groups is 1. The molecule has 164 valence electrons. The molecule has 2 atom stereocenters. The third kappa shape index (κ3) is 9.55. The van der Waals surface area contributed by atoms with Crippen LogP contribution in [0.5, 0.6) is 0 Å². The van der Waals surface area contributed by atoms with Gasteiger partial charge in [-0.15, -0.1) is 0 Å². The van der Waals surface area contributed by atoms with Crippen molar-refractivity contribution in [3.63, 3.8) is 0 Å². The number of rotatable bonds is 12. The lowest BCUT2D eigenvalue weighted by Crippen LogP contribution is -2.39. The quantitative estimate of drug-likeness (QED) is 0.402. The first-order valence-corrected chi connectivity index (χ1v) is 12.2. The van der Waals surface area contributed by atoms with Gasteiger partial charge >= 0.3 is 0 Å². The average Bonchev–Trinajstić information content (AvgIpc) is 2.75. The van der Waals surface area contributed by atoms with Crippen LogP contribution >= 0.6 is 0 Å². The van der Waals surface area contributed by atoms with Crippen LogP contribution in [0.2, 0.25) is 0 Å². The Bertz CT molecular complexity index is 767. The van der Waals surface area contributed by atoms with Gasteiger partial charge in [-0.2, -0.15) is 0 Å². The van der Waals surface area contributed by atoms with Gasteiger partial charge in [0, 0.05) is 54.5 Å². The van der Waals surface area contributed by atoms with Gasteiger partial charge in [-0.3, -0.25) is 14.1 Å². The molecule has 0 fully saturated rings. The Labute approximate surface area is 184 Å². The van der Waals surface area contributed by atoms with Crippen LogP contribution < -0.4 is 10.6 Å². The SMILES string of the molecule is CCNC(=NCCC(C)N(C)Cc1ccccc1)NCCS(=O)Cc1ccccc1. The number of nitrogens with zero attached hydrogens (tertiary/aromatic N) is 2. The summed E-state index contributed by atoms with van der Waals surface area (Å²) in [6.45, 7) is 7.45. The van der Waals surface area contributed by atoms with E-state index in [4.69, 9.17) is 4.99 Å². The minimum absolute atomic E-state index is 0.440. The van der Waals surface area contributed by atoms with E-state index in [1.165, 1.54) is 5.56 Å². The van der Waals surface area contributed by atoms with E-state index >= 15 is 0 Å². The Kier molecular flexibility index (Phi) is 11.2. The predicted octanol–water partition coefficient (Wildman–Crippen LogP) is 3.40. The molecule has 2 N–H and O–H groups in total. The molecule has 0 saturated carbocycles. The van der Waals surface area contributed by atoms with Crippen LogP contribution in [0.15, 0.2) is 65.7 Å². The number of hydrogen-bond donors (Lipinski definition) is 2. The molecule has 0 aliphatic rings. The molecule has 0 spiro atoms. The molecule has 2 unspecified atom stereocenters. The molecule has 2 rings (SSSR count). The number of benzene rings is 2. The van der Waals surface area contributed by atoms with Crippen molar-refractivity contribution in [3.8, 4) is 0 Å². The normalized spacial score (nSPS) is 13.8. The lowest BCUT2D eigenvalue weighted by Gasteiger charge is -2.24. The number of nitrogens with one attached hydrogen (secondary N) is 2. The molecule has 0 amide bonds. The van der Waals surface area contributed by atoms with Gasteiger partial charge in [0.25, 0.3) is 0 Å². The fourth-order valence-corrected chi connectivity index (χ4v) is 4.11. The fourth-order valence-electron chi connectivity index (χ4n) is 3.07. The van der Waals surface area contributed by atoms with Crippen LogP contribution in [-0.4, -0.2) is 53.5 Å². The monoisotopic (exact) mass is 428 g/mol. The third-order valence-electron chi connectivity index (χ3n) is 4.98. The second-order valence-corrected chi connectivity index (χ2v) is 9.08. The Morgan fingerprint density at radius 3 is 2.30 bits per heavy atom. The number of aliphatic imine (C=N–C) groups is 1. The van der Waals surface area contributed by atoms with E-state index in [0.717, 1.165) is 37.6 Å². The van der Waals surface area contributed by atoms with Crippen molar-refractivity contribution in [2.75, 3.05) is 32.4 Å². The summed E-state index contributed by atoms with van der Waals surface area (Å²) < 4.78 is 12.3. The van der Waals surface area contributed by atoms with Gasteiger partial charge in [0.1, 0.15) is 0 Å². The highest BCUT2D eigenvalue weighted by Gasteiger charge is 2.09. The molecule has 0 aliphatic carbocycles. The van der Waals surface area contributed by atoms with Crippen molar-refractivity contribution in [2.24, 2.45) is 4.99 Å². The molecule has 5 nitrogen and oxygen atoms in total. The molecular formula is C24H36N4OS. The van der Waals surface area contributed by atoms with Crippen LogP contribution in [0.25, 0.3) is 0 Å². The summed E-state index contributed by atoms with van der Waals surface area (Å²) in [5, 5.41) is 6.59. The van der Waals surface area contributed by atoms with Gasteiger partial charge in [-0.25, -0.2) is 0 Å². The third-order valence-corrected chi connectivity index (χ3v) is 6.30. The first-order chi connectivity index (χ1) is 14.6. The summed E-state index contributed by atoms with van der Waals surface area (Å²) in [6.07, 6.45) is 0.986. The molecule has 0 aliphatic heterocycles. The molecule has 2 aromatic rings. The Balaban J connectivity index is 1.71. The smallest absolute Gasteiger partial charge is 0.191 e. The molecule has 6 heteroatoms. The topological polar surface area (TPSA) is 56.7 Å². The van der Waals surface area contributed by atoms with Gasteiger partial charge in [0.05, 0.1) is 0 Å². The Morgan fingerprint density at radius 2 is 1.67 bits per heavy atom. The van der Waals surface area contributed by atoms with Gasteiger partial charge in [0.15, 0.2) is 5.96 Å². The summed E-state index contributed by atoms with van der Waals surface area (Å²) in [5.74, 6) is 2.00. The van der Waals surface area contributed by atoms with Crippen LogP contribution in [0.1, 0.15) is 31.4 Å². The van der Waals surface area contributed by atoms with E-state index in [1.54, 1.807) is 0 Å². The molecule has 2 aromatic carbocycles. The van der Waals surface area contributed by atoms with Gasteiger partial charge in [0.2, 0.25) is 0 Å². The van der Waals surface area contributed by atoms with Crippen molar-refractivity contribution < 1.29 is 4.21 Å². The molecule has 0 aromatic heterocycles. The summed E-state index contributed by atoms with van der Waals surface area (Å²) in [6, 6.07) is 21.0. The van der Waals surface area contributed by atoms with Crippen molar-refractivity contribution in [2.45, 2.75) is 38.6 Å². The van der Waals surface area contributed by atoms with Crippen molar-refractivity contribution in [1.29, 1.82) is 0 Å². The first kappa shape index (κ1) is 24.1. The highest BCUT2D eigenvalue weighted by molar-refractivity contribution is 7.84. The van der Waals surface area contributed by atoms with E-state index in [-0.39, 0.29) is 0 Å². The van der Waals surface area contributed by atoms with Crippen LogP contribution in [0.3, 0.4) is 0 Å². The highest BCUT2D eigenvalue weighted by atomic mass is 32.2. The molecular weight excluding hydrogens is 392 g/mol. The van der Waals surface area contributed by atoms with E-state index in [9.17, 15) is 4.21 Å². The van der Waals surface area contributed by atoms with Gasteiger partial charge < -0.3 is 10.6 Å². The van der Waals surface area contributed by atoms with Gasteiger partial charge in [-0.05, 0) is 38.4 Å². The van der Waals surface area contributed by atoms with Crippen molar-refractivity contribution >= 4 is 16.8 Å². The molecule has 0 bridgehead atoms. The molecule has 0 radical (unpaired) electrons. The number of hydrogen-bond acceptors (Lipinski definition) is 3. The van der Waals surface area contributed by atoms with Crippen LogP contribution in [0.4, 0.5) is 0 Å². The average molecular weight is 429 g/mol. The van der Waals surface area contributed by atoms with Crippen LogP contribution in [-0.2, 0) is 23.1 Å². The van der Waals surface area contributed by atoms with Gasteiger partial charge in [-0.1, -0.05) is 60.7 Å². The maximum absolute atomic E-state index is 12.3. The Morgan fingerprint density at radius 1 is 1.03 bits per heavy atom. The van der Waals surface area contributed by atoms with Crippen LogP contribution in [0, 0.1) is 0 Å². The highest BCUT2D eigenvalue weighted by Crippen LogP contribution is 2.08. The van der Waals surface area contributed by atoms with E-state index in [0.29, 0.717) is 24.1 Å². The largest absolute Gasteiger partial charge is 0.357 e. The molecule has 30 heavy (non-hydrogen) atoms. The summed E-state index contributed by atoms with van der Waals surface area (Å²) in [7, 11) is 1.28. The lowest BCUT2D eigenvalue weighted by atomic mass is 10.1. The van der Waals surface area contributed by atoms with E-state index < -0.39 is 10.8 Å². The zero-order valence-electron chi connectivity index (χ0n) is 18.5. The second-order valence-electron chi connectivity index (χ2n) is 7.50. The fraction of sp³-hybridized carbons (Fsp3) is 0.458. The first-order valence-electron chi connectivity index (χ1n) is 10.7. The maximum Gasteiger partial charge on any atom is 0.191 e. The molecule has 0 heterocycles. The second kappa shape index (κ2) is 13.9. The zero-order chi connectivity index (χ0) is 21.6. The zero-order valence-corrected chi connectivity index (χ0v) is 19.3. The predicted molar refractivity (Wildman–Crippen MR) is 129 cm³/mol. The summed E-state index contributed by atoms with van der Waals surface area (Å²) >= 11 is 0. The minimum atomic E-state index is -0.882. The van der Waals surface area contributed by atoms with Crippen molar-refractivity contribution in [3.05, 3.63) is 71.8 Å². The summed E-state index contributed by atoms with van der Waals surface area (Å²) in [5.41, 5.74) is 2.44. The standard InChI is InChI=1S/C24H36N4OS/c1-4-25-24(27-17-18-30(29)20-23-13-9-6-10-14-23)26-16-15-21(2)28(3)19-22-11-7-5-8-12-22/h5-14,21H,4,15-20H2,1-3H3,(H2,25,26,27). The van der Waals surface area contributed by atoms with E-state index in [1.807, 2.05) is 36.4 Å². The molecule has 0 saturated heterocycles. The maximum atomic E-state index is 12.3. The lowest BCUT2D eigenvalue weighted by molar-refractivity contribution is 0.240. The van der Waals surface area contributed by atoms with Crippen molar-refractivity contribution in [1.82, 2.24) is 15.5 Å². The Hall–Kier alpha value is -2.18. The summed E-state index contributed by atoms with van der Waals surface area (Å²) in [4.78, 5) is 7.05. The minimum Gasteiger partial charge on any atom is -0.357 e. The van der Waals surface area contributed by atoms with E-state index in [2.05, 4.69) is 60.7 Å².